The molecule has 2 aromatic rings. The Balaban J connectivity index is 2.15. The Kier molecular flexibility index (Phi) is 2.29. The van der Waals surface area contributed by atoms with Crippen molar-refractivity contribution in [2.24, 2.45) is 0 Å². The normalized spacial score (nSPS) is 20.4. The molecule has 1 N–H and O–H groups in total. The molecule has 1 aliphatic heterocycles. The van der Waals surface area contributed by atoms with Gasteiger partial charge in [-0.2, -0.15) is 0 Å². The van der Waals surface area contributed by atoms with Gasteiger partial charge >= 0.3 is 0 Å². The van der Waals surface area contributed by atoms with Gasteiger partial charge in [-0.1, -0.05) is 36.4 Å². The fourth-order valence-corrected chi connectivity index (χ4v) is 2.35. The predicted molar refractivity (Wildman–Crippen MR) is 63.5 cm³/mol. The van der Waals surface area contributed by atoms with E-state index in [4.69, 9.17) is 4.74 Å². The molecule has 2 nitrogen and oxygen atoms in total. The molecule has 82 valence electrons. The van der Waals surface area contributed by atoms with Crippen molar-refractivity contribution in [1.29, 1.82) is 0 Å². The molecule has 1 aliphatic rings. The summed E-state index contributed by atoms with van der Waals surface area (Å²) >= 11 is 0. The van der Waals surface area contributed by atoms with Crippen LogP contribution >= 0.6 is 0 Å². The van der Waals surface area contributed by atoms with Crippen molar-refractivity contribution in [2.45, 2.75) is 18.9 Å². The Bertz CT molecular complexity index is 513. The second-order valence-electron chi connectivity index (χ2n) is 4.23. The lowest BCUT2D eigenvalue weighted by Crippen LogP contribution is -1.96. The molecule has 0 aromatic heterocycles. The minimum absolute atomic E-state index is 0.0737. The van der Waals surface area contributed by atoms with Gasteiger partial charge in [0.15, 0.2) is 0 Å². The minimum atomic E-state index is 0.0737. The van der Waals surface area contributed by atoms with Crippen LogP contribution in [-0.2, 0) is 4.74 Å². The Morgan fingerprint density at radius 3 is 2.81 bits per heavy atom. The largest absolute Gasteiger partial charge is 0.507 e. The highest BCUT2D eigenvalue weighted by molar-refractivity contribution is 5.89. The first-order chi connectivity index (χ1) is 7.86. The lowest BCUT2D eigenvalue weighted by Gasteiger charge is -2.13. The van der Waals surface area contributed by atoms with Crippen LogP contribution in [0.15, 0.2) is 36.4 Å². The second kappa shape index (κ2) is 3.80. The van der Waals surface area contributed by atoms with E-state index in [9.17, 15) is 5.11 Å². The van der Waals surface area contributed by atoms with Crippen LogP contribution < -0.4 is 0 Å². The van der Waals surface area contributed by atoms with Gasteiger partial charge in [0.1, 0.15) is 5.75 Å². The third-order valence-electron chi connectivity index (χ3n) is 3.21. The van der Waals surface area contributed by atoms with Gasteiger partial charge in [-0.05, 0) is 18.2 Å². The minimum Gasteiger partial charge on any atom is -0.507 e. The number of phenolic OH excluding ortho intramolecular Hbond substituents is 1. The number of hydrogen-bond donors (Lipinski definition) is 1. The number of aromatic hydroxyl groups is 1. The Morgan fingerprint density at radius 1 is 1.12 bits per heavy atom. The Labute approximate surface area is 94.5 Å². The first kappa shape index (κ1) is 9.67. The fourth-order valence-electron chi connectivity index (χ4n) is 2.35. The van der Waals surface area contributed by atoms with Crippen molar-refractivity contribution >= 4 is 10.8 Å². The van der Waals surface area contributed by atoms with Crippen molar-refractivity contribution in [3.63, 3.8) is 0 Å². The van der Waals surface area contributed by atoms with Gasteiger partial charge in [0, 0.05) is 17.6 Å². The monoisotopic (exact) mass is 214 g/mol. The summed E-state index contributed by atoms with van der Waals surface area (Å²) in [6.45, 7) is 0.803. The van der Waals surface area contributed by atoms with Crippen LogP contribution in [0.25, 0.3) is 10.8 Å². The maximum atomic E-state index is 10.2. The number of phenols is 1. The average molecular weight is 214 g/mol. The van der Waals surface area contributed by atoms with E-state index < -0.39 is 0 Å². The first-order valence-electron chi connectivity index (χ1n) is 5.68. The third kappa shape index (κ3) is 1.46. The number of rotatable bonds is 1. The zero-order valence-corrected chi connectivity index (χ0v) is 9.02. The molecule has 0 radical (unpaired) electrons. The molecule has 16 heavy (non-hydrogen) atoms. The quantitative estimate of drug-likeness (QED) is 0.788. The summed E-state index contributed by atoms with van der Waals surface area (Å²) < 4.78 is 5.61. The third-order valence-corrected chi connectivity index (χ3v) is 3.21. The lowest BCUT2D eigenvalue weighted by molar-refractivity contribution is 0.110. The van der Waals surface area contributed by atoms with Gasteiger partial charge in [-0.25, -0.2) is 0 Å². The summed E-state index contributed by atoms with van der Waals surface area (Å²) in [5, 5.41) is 12.2. The molecule has 2 aromatic carbocycles. The van der Waals surface area contributed by atoms with E-state index in [2.05, 4.69) is 0 Å². The van der Waals surface area contributed by atoms with E-state index >= 15 is 0 Å². The topological polar surface area (TPSA) is 29.5 Å². The molecule has 0 amide bonds. The standard InChI is InChI=1S/C14H14O2/c15-14-11-5-2-1-4-10(11)7-8-12(14)13-6-3-9-16-13/h1-2,4-5,7-8,13,15H,3,6,9H2. The smallest absolute Gasteiger partial charge is 0.129 e. The van der Waals surface area contributed by atoms with E-state index in [1.807, 2.05) is 36.4 Å². The van der Waals surface area contributed by atoms with Crippen molar-refractivity contribution in [3.05, 3.63) is 42.0 Å². The van der Waals surface area contributed by atoms with Crippen LogP contribution in [0, 0.1) is 0 Å². The van der Waals surface area contributed by atoms with E-state index in [0.717, 1.165) is 35.8 Å². The first-order valence-corrected chi connectivity index (χ1v) is 5.68. The second-order valence-corrected chi connectivity index (χ2v) is 4.23. The summed E-state index contributed by atoms with van der Waals surface area (Å²) in [5.74, 6) is 0.380. The summed E-state index contributed by atoms with van der Waals surface area (Å²) in [5.41, 5.74) is 0.927. The number of benzene rings is 2. The molecule has 0 bridgehead atoms. The highest BCUT2D eigenvalue weighted by atomic mass is 16.5. The molecule has 3 rings (SSSR count). The van der Waals surface area contributed by atoms with Gasteiger partial charge in [0.2, 0.25) is 0 Å². The van der Waals surface area contributed by atoms with Gasteiger partial charge in [-0.15, -0.1) is 0 Å². The molecule has 0 spiro atoms. The maximum Gasteiger partial charge on any atom is 0.129 e. The van der Waals surface area contributed by atoms with E-state index in [1.54, 1.807) is 0 Å². The van der Waals surface area contributed by atoms with E-state index in [1.165, 1.54) is 0 Å². The van der Waals surface area contributed by atoms with Crippen LogP contribution in [-0.4, -0.2) is 11.7 Å². The number of fused-ring (bicyclic) bond motifs is 1. The zero-order valence-electron chi connectivity index (χ0n) is 9.02. The number of hydrogen-bond acceptors (Lipinski definition) is 2. The highest BCUT2D eigenvalue weighted by Gasteiger charge is 2.21. The van der Waals surface area contributed by atoms with Crippen molar-refractivity contribution in [2.75, 3.05) is 6.61 Å². The van der Waals surface area contributed by atoms with Crippen LogP contribution in [0.3, 0.4) is 0 Å². The molecule has 1 unspecified atom stereocenters. The molecule has 2 heteroatoms. The van der Waals surface area contributed by atoms with Crippen molar-refractivity contribution in [1.82, 2.24) is 0 Å². The van der Waals surface area contributed by atoms with Crippen LogP contribution in [0.4, 0.5) is 0 Å². The molecule has 1 heterocycles. The average Bonchev–Trinajstić information content (AvgIpc) is 2.83. The van der Waals surface area contributed by atoms with Crippen LogP contribution in [0.5, 0.6) is 5.75 Å². The van der Waals surface area contributed by atoms with Crippen LogP contribution in [0.2, 0.25) is 0 Å². The van der Waals surface area contributed by atoms with Crippen LogP contribution in [0.1, 0.15) is 24.5 Å². The van der Waals surface area contributed by atoms with Gasteiger partial charge < -0.3 is 9.84 Å². The summed E-state index contributed by atoms with van der Waals surface area (Å²) in [6, 6.07) is 11.9. The van der Waals surface area contributed by atoms with Crippen molar-refractivity contribution < 1.29 is 9.84 Å². The van der Waals surface area contributed by atoms with Crippen molar-refractivity contribution in [3.8, 4) is 5.75 Å². The lowest BCUT2D eigenvalue weighted by atomic mass is 10.0. The highest BCUT2D eigenvalue weighted by Crippen LogP contribution is 2.38. The Morgan fingerprint density at radius 2 is 2.00 bits per heavy atom. The molecule has 0 saturated carbocycles. The molecular weight excluding hydrogens is 200 g/mol. The van der Waals surface area contributed by atoms with E-state index in [-0.39, 0.29) is 6.10 Å². The molecule has 0 aliphatic carbocycles. The molecule has 1 saturated heterocycles. The molecular formula is C14H14O2. The van der Waals surface area contributed by atoms with Gasteiger partial charge in [0.25, 0.3) is 0 Å². The molecule has 1 atom stereocenters. The SMILES string of the molecule is Oc1c(C2CCCO2)ccc2ccccc12. The zero-order chi connectivity index (χ0) is 11.0. The fraction of sp³-hybridized carbons (Fsp3) is 0.286. The Hall–Kier alpha value is -1.54. The molecule has 1 fully saturated rings. The van der Waals surface area contributed by atoms with E-state index in [0.29, 0.717) is 5.75 Å². The number of ether oxygens (including phenoxy) is 1. The predicted octanol–water partition coefficient (Wildman–Crippen LogP) is 3.40. The van der Waals surface area contributed by atoms with Gasteiger partial charge in [-0.3, -0.25) is 0 Å². The summed E-state index contributed by atoms with van der Waals surface area (Å²) in [4.78, 5) is 0. The van der Waals surface area contributed by atoms with Gasteiger partial charge in [0.05, 0.1) is 6.10 Å². The summed E-state index contributed by atoms with van der Waals surface area (Å²) in [7, 11) is 0. The summed E-state index contributed by atoms with van der Waals surface area (Å²) in [6.07, 6.45) is 2.16. The maximum absolute atomic E-state index is 10.2.